The van der Waals surface area contributed by atoms with Gasteiger partial charge in [0.2, 0.25) is 5.91 Å². The number of ether oxygens (including phenoxy) is 1. The van der Waals surface area contributed by atoms with E-state index in [0.717, 1.165) is 4.90 Å². The molecule has 1 unspecified atom stereocenters. The molecular formula is C26H22F3N3O3. The number of alkyl halides is 3. The van der Waals surface area contributed by atoms with Gasteiger partial charge in [-0.05, 0) is 23.3 Å². The maximum absolute atomic E-state index is 14.5. The van der Waals surface area contributed by atoms with Gasteiger partial charge in [-0.15, -0.1) is 0 Å². The minimum Gasteiger partial charge on any atom is -0.497 e. The second-order valence-electron chi connectivity index (χ2n) is 7.96. The first-order valence-corrected chi connectivity index (χ1v) is 10.8. The molecule has 3 aromatic rings. The molecule has 0 saturated heterocycles. The van der Waals surface area contributed by atoms with Crippen LogP contribution in [0.4, 0.5) is 13.2 Å². The summed E-state index contributed by atoms with van der Waals surface area (Å²) in [4.78, 5) is 30.9. The summed E-state index contributed by atoms with van der Waals surface area (Å²) in [5.41, 5.74) is -2.04. The molecule has 1 N–H and O–H groups in total. The van der Waals surface area contributed by atoms with Crippen molar-refractivity contribution in [2.45, 2.75) is 24.8 Å². The van der Waals surface area contributed by atoms with Crippen LogP contribution in [0.3, 0.4) is 0 Å². The third-order valence-electron chi connectivity index (χ3n) is 5.55. The fourth-order valence-electron chi connectivity index (χ4n) is 3.79. The zero-order valence-corrected chi connectivity index (χ0v) is 18.8. The lowest BCUT2D eigenvalue weighted by atomic mass is 10.1. The van der Waals surface area contributed by atoms with Gasteiger partial charge in [-0.25, -0.2) is 4.99 Å². The Kier molecular flexibility index (Phi) is 6.59. The maximum atomic E-state index is 14.5. The highest BCUT2D eigenvalue weighted by molar-refractivity contribution is 6.16. The molecule has 0 saturated carbocycles. The number of nitrogens with one attached hydrogen (secondary N) is 1. The number of hydrogen-bond donors (Lipinski definition) is 1. The molecule has 3 aromatic carbocycles. The van der Waals surface area contributed by atoms with E-state index in [9.17, 15) is 22.8 Å². The van der Waals surface area contributed by atoms with E-state index in [-0.39, 0.29) is 18.8 Å². The van der Waals surface area contributed by atoms with Crippen LogP contribution in [0, 0.1) is 0 Å². The lowest BCUT2D eigenvalue weighted by molar-refractivity contribution is -0.200. The normalized spacial score (nSPS) is 17.8. The summed E-state index contributed by atoms with van der Waals surface area (Å²) in [5.74, 6) is -1.95. The second kappa shape index (κ2) is 9.61. The number of carbonyl (C=O) groups is 2. The minimum absolute atomic E-state index is 0.177. The Balaban J connectivity index is 1.73. The minimum atomic E-state index is -5.18. The number of amides is 2. The van der Waals surface area contributed by atoms with Crippen molar-refractivity contribution in [1.29, 1.82) is 0 Å². The van der Waals surface area contributed by atoms with E-state index in [2.05, 4.69) is 4.99 Å². The molecule has 1 atom stereocenters. The molecule has 9 heteroatoms. The van der Waals surface area contributed by atoms with E-state index in [1.54, 1.807) is 84.9 Å². The summed E-state index contributed by atoms with van der Waals surface area (Å²) < 4.78 is 48.6. The van der Waals surface area contributed by atoms with E-state index < -0.39 is 23.7 Å². The Morgan fingerprint density at radius 3 is 2.11 bits per heavy atom. The molecule has 4 rings (SSSR count). The van der Waals surface area contributed by atoms with Crippen LogP contribution in [0.15, 0.2) is 89.9 Å². The van der Waals surface area contributed by atoms with Gasteiger partial charge >= 0.3 is 11.8 Å². The molecule has 0 radical (unpaired) electrons. The van der Waals surface area contributed by atoms with Gasteiger partial charge < -0.3 is 10.1 Å². The highest BCUT2D eigenvalue weighted by atomic mass is 19.4. The average Bonchev–Trinajstić information content (AvgIpc) is 3.13. The molecule has 35 heavy (non-hydrogen) atoms. The monoisotopic (exact) mass is 481 g/mol. The summed E-state index contributed by atoms with van der Waals surface area (Å²) in [7, 11) is 1.50. The zero-order valence-electron chi connectivity index (χ0n) is 18.8. The highest BCUT2D eigenvalue weighted by Gasteiger charge is 2.67. The van der Waals surface area contributed by atoms with Crippen LogP contribution in [-0.2, 0) is 22.6 Å². The number of carbonyl (C=O) groups excluding carboxylic acids is 2. The molecule has 0 bridgehead atoms. The van der Waals surface area contributed by atoms with Crippen molar-refractivity contribution in [3.8, 4) is 5.75 Å². The Hall–Kier alpha value is -4.14. The summed E-state index contributed by atoms with van der Waals surface area (Å²) in [6.07, 6.45) is -5.51. The number of nitrogens with zero attached hydrogens (tertiary/aromatic N) is 2. The van der Waals surface area contributed by atoms with Crippen LogP contribution >= 0.6 is 0 Å². The van der Waals surface area contributed by atoms with Crippen molar-refractivity contribution in [1.82, 2.24) is 10.2 Å². The Morgan fingerprint density at radius 2 is 1.54 bits per heavy atom. The van der Waals surface area contributed by atoms with E-state index >= 15 is 0 Å². The molecule has 0 fully saturated rings. The summed E-state index contributed by atoms with van der Waals surface area (Å²) in [5, 5.41) is 1.90. The Labute approximate surface area is 200 Å². The highest BCUT2D eigenvalue weighted by Crippen LogP contribution is 2.39. The van der Waals surface area contributed by atoms with Crippen LogP contribution in [0.1, 0.15) is 16.7 Å². The van der Waals surface area contributed by atoms with Gasteiger partial charge in [0.1, 0.15) is 11.6 Å². The van der Waals surface area contributed by atoms with E-state index in [0.29, 0.717) is 22.4 Å². The second-order valence-corrected chi connectivity index (χ2v) is 7.96. The molecular weight excluding hydrogens is 459 g/mol. The van der Waals surface area contributed by atoms with Crippen molar-refractivity contribution in [2.24, 2.45) is 4.99 Å². The van der Waals surface area contributed by atoms with Gasteiger partial charge in [0.25, 0.3) is 5.91 Å². The first-order valence-electron chi connectivity index (χ1n) is 10.8. The molecule has 1 aliphatic rings. The predicted molar refractivity (Wildman–Crippen MR) is 124 cm³/mol. The average molecular weight is 481 g/mol. The fraction of sp³-hybridized carbons (Fsp3) is 0.192. The van der Waals surface area contributed by atoms with Crippen molar-refractivity contribution in [2.75, 3.05) is 7.11 Å². The van der Waals surface area contributed by atoms with E-state index in [1.807, 2.05) is 5.32 Å². The third kappa shape index (κ3) is 4.89. The van der Waals surface area contributed by atoms with E-state index in [4.69, 9.17) is 4.74 Å². The first-order chi connectivity index (χ1) is 16.7. The number of methoxy groups -OCH3 is 1. The number of hydrogen-bond acceptors (Lipinski definition) is 4. The van der Waals surface area contributed by atoms with E-state index in [1.165, 1.54) is 7.11 Å². The van der Waals surface area contributed by atoms with Crippen molar-refractivity contribution in [3.63, 3.8) is 0 Å². The number of amidine groups is 1. The smallest absolute Gasteiger partial charge is 0.442 e. The largest absolute Gasteiger partial charge is 0.497 e. The van der Waals surface area contributed by atoms with Crippen LogP contribution in [0.2, 0.25) is 0 Å². The van der Waals surface area contributed by atoms with Gasteiger partial charge in [0.15, 0.2) is 0 Å². The van der Waals surface area contributed by atoms with Gasteiger partial charge in [-0.2, -0.15) is 13.2 Å². The Bertz CT molecular complexity index is 1230. The first kappa shape index (κ1) is 24.0. The van der Waals surface area contributed by atoms with Crippen molar-refractivity contribution >= 4 is 17.6 Å². The predicted octanol–water partition coefficient (Wildman–Crippen LogP) is 4.10. The van der Waals surface area contributed by atoms with Crippen LogP contribution in [0.25, 0.3) is 0 Å². The van der Waals surface area contributed by atoms with Gasteiger partial charge in [-0.1, -0.05) is 72.8 Å². The molecule has 2 amide bonds. The number of aliphatic imine (C=N–C) groups is 1. The molecule has 1 heterocycles. The fourth-order valence-corrected chi connectivity index (χ4v) is 3.79. The standard InChI is InChI=1S/C26H22F3N3O3/c1-35-21-14-12-19(13-15-21)17-32-23(20-10-6-3-7-11-20)31-25(24(32)34,26(27,28)29)30-22(33)16-18-8-4-2-5-9-18/h2-15H,16-17H2,1H3,(H,30,33). The number of rotatable bonds is 7. The zero-order chi connectivity index (χ0) is 25.1. The van der Waals surface area contributed by atoms with Gasteiger partial charge in [0.05, 0.1) is 20.1 Å². The van der Waals surface area contributed by atoms with Crippen LogP contribution < -0.4 is 10.1 Å². The van der Waals surface area contributed by atoms with Crippen molar-refractivity contribution < 1.29 is 27.5 Å². The Morgan fingerprint density at radius 1 is 0.943 bits per heavy atom. The number of halogens is 3. The van der Waals surface area contributed by atoms with Crippen LogP contribution in [0.5, 0.6) is 5.75 Å². The topological polar surface area (TPSA) is 71.0 Å². The summed E-state index contributed by atoms with van der Waals surface area (Å²) in [6.45, 7) is -0.178. The number of benzene rings is 3. The lowest BCUT2D eigenvalue weighted by Crippen LogP contribution is -2.63. The molecule has 0 aliphatic carbocycles. The quantitative estimate of drug-likeness (QED) is 0.553. The van der Waals surface area contributed by atoms with Gasteiger partial charge in [-0.3, -0.25) is 14.5 Å². The summed E-state index contributed by atoms with van der Waals surface area (Å²) >= 11 is 0. The lowest BCUT2D eigenvalue weighted by Gasteiger charge is -2.29. The van der Waals surface area contributed by atoms with Gasteiger partial charge in [0, 0.05) is 5.56 Å². The van der Waals surface area contributed by atoms with Crippen LogP contribution in [-0.4, -0.2) is 41.5 Å². The molecule has 1 aliphatic heterocycles. The van der Waals surface area contributed by atoms with Crippen molar-refractivity contribution in [3.05, 3.63) is 102 Å². The maximum Gasteiger partial charge on any atom is 0.442 e. The molecule has 0 spiro atoms. The molecule has 0 aromatic heterocycles. The SMILES string of the molecule is COc1ccc(CN2C(=O)C(NC(=O)Cc3ccccc3)(C(F)(F)F)N=C2c2ccccc2)cc1. The summed E-state index contributed by atoms with van der Waals surface area (Å²) in [6, 6.07) is 23.0. The molecule has 6 nitrogen and oxygen atoms in total. The molecule has 180 valence electrons. The third-order valence-corrected chi connectivity index (χ3v) is 5.55.